The first-order valence-corrected chi connectivity index (χ1v) is 7.27. The van der Waals surface area contributed by atoms with Crippen molar-refractivity contribution in [2.75, 3.05) is 6.54 Å². The molecule has 2 N–H and O–H groups in total. The summed E-state index contributed by atoms with van der Waals surface area (Å²) in [6.45, 7) is 0.544. The van der Waals surface area contributed by atoms with Crippen molar-refractivity contribution in [3.8, 4) is 0 Å². The van der Waals surface area contributed by atoms with Crippen molar-refractivity contribution in [2.45, 2.75) is 13.0 Å². The van der Waals surface area contributed by atoms with Crippen molar-refractivity contribution < 1.29 is 9.90 Å². The van der Waals surface area contributed by atoms with Gasteiger partial charge in [0.1, 0.15) is 0 Å². The first-order chi connectivity index (χ1) is 10.1. The first-order valence-electron chi connectivity index (χ1n) is 6.52. The van der Waals surface area contributed by atoms with Crippen LogP contribution in [0, 0.1) is 0 Å². The topological polar surface area (TPSA) is 49.3 Å². The molecule has 0 atom stereocenters. The summed E-state index contributed by atoms with van der Waals surface area (Å²) in [4.78, 5) is 12.0. The summed E-state index contributed by atoms with van der Waals surface area (Å²) in [6.07, 6.45) is 0.711. The number of aliphatic hydroxyl groups is 1. The van der Waals surface area contributed by atoms with Crippen molar-refractivity contribution in [3.63, 3.8) is 0 Å². The molecule has 0 heterocycles. The van der Waals surface area contributed by atoms with Gasteiger partial charge in [0.25, 0.3) is 5.91 Å². The van der Waals surface area contributed by atoms with Crippen LogP contribution in [0.1, 0.15) is 21.5 Å². The van der Waals surface area contributed by atoms with E-state index in [9.17, 15) is 4.79 Å². The summed E-state index contributed by atoms with van der Waals surface area (Å²) < 4.78 is 0. The molecule has 0 spiro atoms. The Labute approximate surface area is 133 Å². The molecule has 2 aromatic rings. The molecule has 0 aliphatic heterocycles. The average molecular weight is 324 g/mol. The molecule has 0 saturated heterocycles. The van der Waals surface area contributed by atoms with Crippen LogP contribution in [-0.4, -0.2) is 17.6 Å². The number of halogens is 2. The molecule has 21 heavy (non-hydrogen) atoms. The highest BCUT2D eigenvalue weighted by Crippen LogP contribution is 2.20. The van der Waals surface area contributed by atoms with Gasteiger partial charge in [-0.25, -0.2) is 0 Å². The highest BCUT2D eigenvalue weighted by molar-refractivity contribution is 6.36. The van der Waals surface area contributed by atoms with Crippen LogP contribution in [0.25, 0.3) is 0 Å². The molecule has 0 unspecified atom stereocenters. The summed E-state index contributed by atoms with van der Waals surface area (Å²) in [7, 11) is 0. The van der Waals surface area contributed by atoms with E-state index in [0.717, 1.165) is 11.1 Å². The van der Waals surface area contributed by atoms with Crippen LogP contribution in [0.15, 0.2) is 42.5 Å². The average Bonchev–Trinajstić information content (AvgIpc) is 2.47. The molecule has 0 fully saturated rings. The summed E-state index contributed by atoms with van der Waals surface area (Å²) in [5, 5.41) is 12.6. The van der Waals surface area contributed by atoms with Gasteiger partial charge >= 0.3 is 0 Å². The number of carbonyl (C=O) groups excluding carboxylic acids is 1. The third-order valence-electron chi connectivity index (χ3n) is 3.08. The summed E-state index contributed by atoms with van der Waals surface area (Å²) in [5.74, 6) is -0.219. The minimum atomic E-state index is -0.219. The fourth-order valence-corrected chi connectivity index (χ4v) is 2.39. The number of aliphatic hydroxyl groups excluding tert-OH is 1. The lowest BCUT2D eigenvalue weighted by Crippen LogP contribution is -2.25. The number of hydrogen-bond acceptors (Lipinski definition) is 2. The molecule has 1 amide bonds. The predicted molar refractivity (Wildman–Crippen MR) is 84.9 cm³/mol. The zero-order valence-corrected chi connectivity index (χ0v) is 12.8. The number of amides is 1. The number of benzene rings is 2. The predicted octanol–water partition coefficient (Wildman–Crippen LogP) is 3.46. The molecule has 0 radical (unpaired) electrons. The highest BCUT2D eigenvalue weighted by Gasteiger charge is 2.09. The largest absolute Gasteiger partial charge is 0.392 e. The Morgan fingerprint density at radius 2 is 1.71 bits per heavy atom. The van der Waals surface area contributed by atoms with E-state index in [0.29, 0.717) is 28.6 Å². The van der Waals surface area contributed by atoms with Crippen molar-refractivity contribution in [1.82, 2.24) is 5.32 Å². The van der Waals surface area contributed by atoms with Crippen molar-refractivity contribution in [2.24, 2.45) is 0 Å². The molecule has 0 aliphatic carbocycles. The Morgan fingerprint density at radius 3 is 2.33 bits per heavy atom. The maximum Gasteiger partial charge on any atom is 0.252 e. The SMILES string of the molecule is O=C(NCCc1ccc(CO)cc1)c1ccc(Cl)cc1Cl. The Balaban J connectivity index is 1.88. The second-order valence-corrected chi connectivity index (χ2v) is 5.45. The molecule has 2 rings (SSSR count). The standard InChI is InChI=1S/C16H15Cl2NO2/c17-13-5-6-14(15(18)9-13)16(21)19-8-7-11-1-3-12(10-20)4-2-11/h1-6,9,20H,7-8,10H2,(H,19,21). The quantitative estimate of drug-likeness (QED) is 0.885. The molecule has 2 aromatic carbocycles. The molecular weight excluding hydrogens is 309 g/mol. The van der Waals surface area contributed by atoms with Gasteiger partial charge in [0, 0.05) is 11.6 Å². The van der Waals surface area contributed by atoms with Crippen LogP contribution in [-0.2, 0) is 13.0 Å². The number of hydrogen-bond donors (Lipinski definition) is 2. The summed E-state index contributed by atoms with van der Waals surface area (Å²) in [5.41, 5.74) is 2.38. The lowest BCUT2D eigenvalue weighted by Gasteiger charge is -2.07. The minimum Gasteiger partial charge on any atom is -0.392 e. The maximum absolute atomic E-state index is 12.0. The number of carbonyl (C=O) groups is 1. The fourth-order valence-electron chi connectivity index (χ4n) is 1.90. The van der Waals surface area contributed by atoms with Gasteiger partial charge in [-0.05, 0) is 35.7 Å². The lowest BCUT2D eigenvalue weighted by atomic mass is 10.1. The number of nitrogens with one attached hydrogen (secondary N) is 1. The van der Waals surface area contributed by atoms with Gasteiger partial charge in [-0.15, -0.1) is 0 Å². The van der Waals surface area contributed by atoms with Crippen LogP contribution in [0.4, 0.5) is 0 Å². The molecule has 0 bridgehead atoms. The summed E-state index contributed by atoms with van der Waals surface area (Å²) in [6, 6.07) is 12.4. The number of rotatable bonds is 5. The van der Waals surface area contributed by atoms with E-state index in [-0.39, 0.29) is 12.5 Å². The van der Waals surface area contributed by atoms with E-state index in [1.165, 1.54) is 0 Å². The molecule has 0 aliphatic rings. The van der Waals surface area contributed by atoms with Gasteiger partial charge in [-0.3, -0.25) is 4.79 Å². The maximum atomic E-state index is 12.0. The zero-order valence-electron chi connectivity index (χ0n) is 11.3. The van der Waals surface area contributed by atoms with Crippen LogP contribution in [0.3, 0.4) is 0 Å². The van der Waals surface area contributed by atoms with E-state index in [2.05, 4.69) is 5.32 Å². The van der Waals surface area contributed by atoms with Gasteiger partial charge in [-0.1, -0.05) is 47.5 Å². The third-order valence-corrected chi connectivity index (χ3v) is 3.63. The van der Waals surface area contributed by atoms with Crippen molar-refractivity contribution >= 4 is 29.1 Å². The van der Waals surface area contributed by atoms with Crippen LogP contribution in [0.5, 0.6) is 0 Å². The lowest BCUT2D eigenvalue weighted by molar-refractivity contribution is 0.0954. The van der Waals surface area contributed by atoms with E-state index in [1.807, 2.05) is 24.3 Å². The molecule has 3 nitrogen and oxygen atoms in total. The summed E-state index contributed by atoms with van der Waals surface area (Å²) >= 11 is 11.8. The van der Waals surface area contributed by atoms with E-state index < -0.39 is 0 Å². The van der Waals surface area contributed by atoms with Gasteiger partial charge in [-0.2, -0.15) is 0 Å². The zero-order chi connectivity index (χ0) is 15.2. The monoisotopic (exact) mass is 323 g/mol. The molecular formula is C16H15Cl2NO2. The third kappa shape index (κ3) is 4.46. The van der Waals surface area contributed by atoms with Crippen LogP contribution >= 0.6 is 23.2 Å². The van der Waals surface area contributed by atoms with Gasteiger partial charge in [0.15, 0.2) is 0 Å². The molecule has 0 aromatic heterocycles. The Bertz CT molecular complexity index is 627. The Kier molecular flexibility index (Phi) is 5.62. The highest BCUT2D eigenvalue weighted by atomic mass is 35.5. The second kappa shape index (κ2) is 7.46. The Hall–Kier alpha value is -1.55. The van der Waals surface area contributed by atoms with Crippen molar-refractivity contribution in [3.05, 3.63) is 69.2 Å². The van der Waals surface area contributed by atoms with Gasteiger partial charge in [0.05, 0.1) is 17.2 Å². The van der Waals surface area contributed by atoms with Gasteiger partial charge in [0.2, 0.25) is 0 Å². The van der Waals surface area contributed by atoms with Crippen molar-refractivity contribution in [1.29, 1.82) is 0 Å². The second-order valence-electron chi connectivity index (χ2n) is 4.60. The minimum absolute atomic E-state index is 0.0338. The van der Waals surface area contributed by atoms with E-state index >= 15 is 0 Å². The smallest absolute Gasteiger partial charge is 0.252 e. The first kappa shape index (κ1) is 15.8. The normalized spacial score (nSPS) is 10.4. The Morgan fingerprint density at radius 1 is 1.05 bits per heavy atom. The molecule has 5 heteroatoms. The fraction of sp³-hybridized carbons (Fsp3) is 0.188. The molecule has 110 valence electrons. The van der Waals surface area contributed by atoms with Crippen LogP contribution in [0.2, 0.25) is 10.0 Å². The molecule has 0 saturated carbocycles. The van der Waals surface area contributed by atoms with Crippen LogP contribution < -0.4 is 5.32 Å². The van der Waals surface area contributed by atoms with E-state index in [4.69, 9.17) is 28.3 Å². The van der Waals surface area contributed by atoms with Gasteiger partial charge < -0.3 is 10.4 Å². The van der Waals surface area contributed by atoms with E-state index in [1.54, 1.807) is 18.2 Å².